The van der Waals surface area contributed by atoms with Crippen molar-refractivity contribution in [2.75, 3.05) is 5.88 Å². The molecule has 0 spiro atoms. The minimum Gasteiger partial charge on any atom is -0.360 e. The van der Waals surface area contributed by atoms with Gasteiger partial charge in [0, 0.05) is 12.3 Å². The van der Waals surface area contributed by atoms with Crippen molar-refractivity contribution in [3.05, 3.63) is 0 Å². The van der Waals surface area contributed by atoms with Gasteiger partial charge in [-0.05, 0) is 13.8 Å². The molecule has 0 radical (unpaired) electrons. The molecule has 0 saturated heterocycles. The second kappa shape index (κ2) is 5.33. The van der Waals surface area contributed by atoms with Crippen LogP contribution in [0.5, 0.6) is 0 Å². The van der Waals surface area contributed by atoms with E-state index >= 15 is 0 Å². The van der Waals surface area contributed by atoms with Crippen molar-refractivity contribution in [3.8, 4) is 0 Å². The molecule has 0 aromatic rings. The molecule has 0 aliphatic carbocycles. The predicted molar refractivity (Wildman–Crippen MR) is 41.2 cm³/mol. The summed E-state index contributed by atoms with van der Waals surface area (Å²) in [6.45, 7) is 3.90. The number of hydrogen-bond acceptors (Lipinski definition) is 1. The Hall–Kier alpha value is 0.540. The molecule has 0 rings (SSSR count). The number of hydrogen-bond donors (Lipinski definition) is 0. The van der Waals surface area contributed by atoms with Crippen molar-refractivity contribution >= 4 is 23.2 Å². The van der Waals surface area contributed by atoms with Gasteiger partial charge in [-0.25, -0.2) is 0 Å². The minimum absolute atomic E-state index is 0.190. The SMILES string of the molecule is CC(C)OC(Cl)CCCl. The Kier molecular flexibility index (Phi) is 5.65. The fourth-order valence-electron chi connectivity index (χ4n) is 0.449. The van der Waals surface area contributed by atoms with E-state index in [2.05, 4.69) is 0 Å². The molecule has 0 bridgehead atoms. The van der Waals surface area contributed by atoms with Crippen molar-refractivity contribution in [2.24, 2.45) is 0 Å². The molecule has 1 unspecified atom stereocenters. The van der Waals surface area contributed by atoms with Gasteiger partial charge in [0.1, 0.15) is 5.56 Å². The first-order chi connectivity index (χ1) is 4.16. The third-order valence-electron chi connectivity index (χ3n) is 0.756. The number of halogens is 2. The lowest BCUT2D eigenvalue weighted by molar-refractivity contribution is 0.0537. The fraction of sp³-hybridized carbons (Fsp3) is 1.00. The fourth-order valence-corrected chi connectivity index (χ4v) is 1.07. The molecule has 56 valence electrons. The van der Waals surface area contributed by atoms with Gasteiger partial charge in [-0.15, -0.1) is 11.6 Å². The lowest BCUT2D eigenvalue weighted by Crippen LogP contribution is -2.11. The van der Waals surface area contributed by atoms with E-state index in [0.717, 1.165) is 0 Å². The Labute approximate surface area is 66.3 Å². The summed E-state index contributed by atoms with van der Waals surface area (Å²) in [5, 5.41) is 0. The standard InChI is InChI=1S/C6H12Cl2O/c1-5(2)9-6(8)3-4-7/h5-6H,3-4H2,1-2H3. The van der Waals surface area contributed by atoms with E-state index < -0.39 is 0 Å². The molecular formula is C6H12Cl2O. The summed E-state index contributed by atoms with van der Waals surface area (Å²) in [6, 6.07) is 0. The summed E-state index contributed by atoms with van der Waals surface area (Å²) in [4.78, 5) is 0. The second-order valence-electron chi connectivity index (χ2n) is 2.07. The number of alkyl halides is 2. The Morgan fingerprint density at radius 3 is 2.33 bits per heavy atom. The van der Waals surface area contributed by atoms with E-state index in [9.17, 15) is 0 Å². The summed E-state index contributed by atoms with van der Waals surface area (Å²) in [5.41, 5.74) is -0.220. The first-order valence-electron chi connectivity index (χ1n) is 3.02. The van der Waals surface area contributed by atoms with Gasteiger partial charge >= 0.3 is 0 Å². The van der Waals surface area contributed by atoms with Gasteiger partial charge in [-0.3, -0.25) is 0 Å². The van der Waals surface area contributed by atoms with Crippen LogP contribution in [0.4, 0.5) is 0 Å². The van der Waals surface area contributed by atoms with E-state index in [-0.39, 0.29) is 11.7 Å². The summed E-state index contributed by atoms with van der Waals surface area (Å²) < 4.78 is 5.17. The molecule has 0 fully saturated rings. The van der Waals surface area contributed by atoms with E-state index in [1.165, 1.54) is 0 Å². The van der Waals surface area contributed by atoms with Gasteiger partial charge in [0.2, 0.25) is 0 Å². The molecule has 0 saturated carbocycles. The molecule has 0 aromatic carbocycles. The summed E-state index contributed by atoms with van der Waals surface area (Å²) in [6.07, 6.45) is 0.900. The van der Waals surface area contributed by atoms with Gasteiger partial charge in [0.25, 0.3) is 0 Å². The first kappa shape index (κ1) is 9.54. The normalized spacial score (nSPS) is 14.3. The average Bonchev–Trinajstić information content (AvgIpc) is 1.63. The average molecular weight is 171 g/mol. The zero-order chi connectivity index (χ0) is 7.28. The monoisotopic (exact) mass is 170 g/mol. The Morgan fingerprint density at radius 2 is 2.00 bits per heavy atom. The Morgan fingerprint density at radius 1 is 1.44 bits per heavy atom. The van der Waals surface area contributed by atoms with Crippen LogP contribution in [-0.2, 0) is 4.74 Å². The van der Waals surface area contributed by atoms with Crippen molar-refractivity contribution in [1.29, 1.82) is 0 Å². The largest absolute Gasteiger partial charge is 0.360 e. The van der Waals surface area contributed by atoms with Crippen LogP contribution in [0.3, 0.4) is 0 Å². The van der Waals surface area contributed by atoms with Gasteiger partial charge in [0.05, 0.1) is 6.10 Å². The molecule has 9 heavy (non-hydrogen) atoms. The molecule has 0 aliphatic rings. The molecule has 0 aliphatic heterocycles. The van der Waals surface area contributed by atoms with Crippen LogP contribution in [0.25, 0.3) is 0 Å². The molecule has 1 atom stereocenters. The van der Waals surface area contributed by atoms with Gasteiger partial charge in [-0.1, -0.05) is 11.6 Å². The molecule has 0 heterocycles. The lowest BCUT2D eigenvalue weighted by atomic mass is 10.4. The third kappa shape index (κ3) is 6.42. The molecular weight excluding hydrogens is 159 g/mol. The van der Waals surface area contributed by atoms with E-state index in [1.807, 2.05) is 13.8 Å². The Bertz CT molecular complexity index is 66.1. The first-order valence-corrected chi connectivity index (χ1v) is 3.99. The van der Waals surface area contributed by atoms with Crippen LogP contribution in [0.1, 0.15) is 20.3 Å². The summed E-state index contributed by atoms with van der Waals surface area (Å²) >= 11 is 11.1. The highest BCUT2D eigenvalue weighted by Crippen LogP contribution is 2.07. The summed E-state index contributed by atoms with van der Waals surface area (Å²) in [7, 11) is 0. The maximum Gasteiger partial charge on any atom is 0.132 e. The topological polar surface area (TPSA) is 9.23 Å². The van der Waals surface area contributed by atoms with Gasteiger partial charge in [0.15, 0.2) is 0 Å². The Balaban J connectivity index is 3.15. The third-order valence-corrected chi connectivity index (χ3v) is 1.30. The maximum absolute atomic E-state index is 5.67. The van der Waals surface area contributed by atoms with Crippen LogP contribution in [0.2, 0.25) is 0 Å². The second-order valence-corrected chi connectivity index (χ2v) is 2.94. The smallest absolute Gasteiger partial charge is 0.132 e. The maximum atomic E-state index is 5.67. The molecule has 3 heteroatoms. The number of rotatable bonds is 4. The van der Waals surface area contributed by atoms with E-state index in [0.29, 0.717) is 12.3 Å². The van der Waals surface area contributed by atoms with Crippen LogP contribution in [-0.4, -0.2) is 17.5 Å². The highest BCUT2D eigenvalue weighted by molar-refractivity contribution is 6.21. The quantitative estimate of drug-likeness (QED) is 0.590. The molecule has 0 amide bonds. The lowest BCUT2D eigenvalue weighted by Gasteiger charge is -2.11. The van der Waals surface area contributed by atoms with Gasteiger partial charge in [-0.2, -0.15) is 0 Å². The molecule has 0 N–H and O–H groups in total. The van der Waals surface area contributed by atoms with E-state index in [1.54, 1.807) is 0 Å². The van der Waals surface area contributed by atoms with Crippen molar-refractivity contribution in [3.63, 3.8) is 0 Å². The highest BCUT2D eigenvalue weighted by atomic mass is 35.5. The zero-order valence-corrected chi connectivity index (χ0v) is 7.24. The van der Waals surface area contributed by atoms with Crippen LogP contribution in [0, 0.1) is 0 Å². The molecule has 0 aromatic heterocycles. The minimum atomic E-state index is -0.220. The zero-order valence-electron chi connectivity index (χ0n) is 5.73. The number of ether oxygens (including phenoxy) is 1. The van der Waals surface area contributed by atoms with Crippen molar-refractivity contribution in [1.82, 2.24) is 0 Å². The highest BCUT2D eigenvalue weighted by Gasteiger charge is 2.04. The van der Waals surface area contributed by atoms with Crippen LogP contribution in [0.15, 0.2) is 0 Å². The molecule has 1 nitrogen and oxygen atoms in total. The van der Waals surface area contributed by atoms with Gasteiger partial charge < -0.3 is 4.74 Å². The van der Waals surface area contributed by atoms with Crippen molar-refractivity contribution < 1.29 is 4.74 Å². The summed E-state index contributed by atoms with van der Waals surface area (Å²) in [5.74, 6) is 0.556. The predicted octanol–water partition coefficient (Wildman–Crippen LogP) is 2.61. The van der Waals surface area contributed by atoms with Crippen molar-refractivity contribution in [2.45, 2.75) is 31.9 Å². The van der Waals surface area contributed by atoms with E-state index in [4.69, 9.17) is 27.9 Å². The van der Waals surface area contributed by atoms with Crippen LogP contribution >= 0.6 is 23.2 Å². The van der Waals surface area contributed by atoms with Crippen LogP contribution < -0.4 is 0 Å².